The zero-order valence-electron chi connectivity index (χ0n) is 16.4. The van der Waals surface area contributed by atoms with E-state index in [2.05, 4.69) is 20.6 Å². The van der Waals surface area contributed by atoms with Crippen molar-refractivity contribution < 1.29 is 19.5 Å². The quantitative estimate of drug-likeness (QED) is 0.375. The zero-order valence-corrected chi connectivity index (χ0v) is 16.4. The summed E-state index contributed by atoms with van der Waals surface area (Å²) in [6.07, 6.45) is 4.18. The molecule has 0 spiro atoms. The molecule has 0 bridgehead atoms. The number of rotatable bonds is 11. The first-order chi connectivity index (χ1) is 12.6. The molecule has 27 heavy (non-hydrogen) atoms. The number of H-pyrrole nitrogens is 1. The molecule has 1 aromatic rings. The molecule has 9 heteroatoms. The van der Waals surface area contributed by atoms with E-state index in [1.54, 1.807) is 6.20 Å². The predicted molar refractivity (Wildman–Crippen MR) is 101 cm³/mol. The summed E-state index contributed by atoms with van der Waals surface area (Å²) in [6, 6.07) is -2.72. The van der Waals surface area contributed by atoms with Crippen LogP contribution in [0.15, 0.2) is 12.5 Å². The van der Waals surface area contributed by atoms with Crippen LogP contribution in [-0.2, 0) is 20.8 Å². The number of imidazole rings is 1. The Kier molecular flexibility index (Phi) is 8.93. The van der Waals surface area contributed by atoms with Gasteiger partial charge in [0, 0.05) is 12.6 Å². The number of hydrogen-bond acceptors (Lipinski definition) is 5. The van der Waals surface area contributed by atoms with Gasteiger partial charge in [0.25, 0.3) is 0 Å². The van der Waals surface area contributed by atoms with E-state index < -0.39 is 35.9 Å². The number of nitrogens with one attached hydrogen (secondary N) is 3. The summed E-state index contributed by atoms with van der Waals surface area (Å²) in [5, 5.41) is 14.6. The Morgan fingerprint density at radius 3 is 2.37 bits per heavy atom. The number of nitrogens with two attached hydrogens (primary N) is 1. The van der Waals surface area contributed by atoms with E-state index in [-0.39, 0.29) is 18.3 Å². The molecule has 4 atom stereocenters. The lowest BCUT2D eigenvalue weighted by Gasteiger charge is -2.26. The summed E-state index contributed by atoms with van der Waals surface area (Å²) in [4.78, 5) is 43.3. The maximum Gasteiger partial charge on any atom is 0.326 e. The summed E-state index contributed by atoms with van der Waals surface area (Å²) in [6.45, 7) is 7.63. The third-order valence-electron chi connectivity index (χ3n) is 4.44. The lowest BCUT2D eigenvalue weighted by Crippen LogP contribution is -2.57. The van der Waals surface area contributed by atoms with Gasteiger partial charge in [0.2, 0.25) is 11.8 Å². The Bertz CT molecular complexity index is 617. The van der Waals surface area contributed by atoms with Crippen molar-refractivity contribution in [2.75, 3.05) is 0 Å². The predicted octanol–water partition coefficient (Wildman–Crippen LogP) is 0.426. The highest BCUT2D eigenvalue weighted by Gasteiger charge is 2.31. The summed E-state index contributed by atoms with van der Waals surface area (Å²) in [5.41, 5.74) is 6.42. The van der Waals surface area contributed by atoms with E-state index >= 15 is 0 Å². The molecule has 2 amide bonds. The minimum absolute atomic E-state index is 0.0403. The number of carboxylic acids is 1. The molecular formula is C18H31N5O4. The first kappa shape index (κ1) is 22.6. The molecule has 0 fully saturated rings. The van der Waals surface area contributed by atoms with Gasteiger partial charge < -0.3 is 26.5 Å². The van der Waals surface area contributed by atoms with Crippen molar-refractivity contribution in [3.8, 4) is 0 Å². The summed E-state index contributed by atoms with van der Waals surface area (Å²) >= 11 is 0. The number of carboxylic acid groups (broad SMARTS) is 1. The molecule has 0 aliphatic rings. The second-order valence-corrected chi connectivity index (χ2v) is 7.27. The Labute approximate surface area is 159 Å². The highest BCUT2D eigenvalue weighted by molar-refractivity contribution is 5.92. The molecule has 0 radical (unpaired) electrons. The standard InChI is InChI=1S/C18H31N5O4/c1-5-11(4)15(23-16(24)13(19)6-10(2)3)17(25)22-14(18(26)27)7-12-8-20-9-21-12/h8-11,13-15H,5-7,19H2,1-4H3,(H,20,21)(H,22,25)(H,23,24)(H,26,27)/t11-,13-,14-,15-/m0/s1. The van der Waals surface area contributed by atoms with Crippen LogP contribution in [0.4, 0.5) is 0 Å². The lowest BCUT2D eigenvalue weighted by molar-refractivity contribution is -0.142. The van der Waals surface area contributed by atoms with Crippen molar-refractivity contribution in [1.82, 2.24) is 20.6 Å². The number of aromatic amines is 1. The smallest absolute Gasteiger partial charge is 0.326 e. The molecule has 1 rings (SSSR count). The molecule has 1 heterocycles. The van der Waals surface area contributed by atoms with Crippen LogP contribution in [0.25, 0.3) is 0 Å². The number of aliphatic carboxylic acids is 1. The molecule has 0 saturated heterocycles. The van der Waals surface area contributed by atoms with Gasteiger partial charge in [-0.3, -0.25) is 9.59 Å². The van der Waals surface area contributed by atoms with Crippen LogP contribution < -0.4 is 16.4 Å². The van der Waals surface area contributed by atoms with Gasteiger partial charge in [-0.15, -0.1) is 0 Å². The van der Waals surface area contributed by atoms with Crippen molar-refractivity contribution in [3.63, 3.8) is 0 Å². The Balaban J connectivity index is 2.83. The lowest BCUT2D eigenvalue weighted by atomic mass is 9.96. The Morgan fingerprint density at radius 1 is 1.22 bits per heavy atom. The van der Waals surface area contributed by atoms with Crippen LogP contribution in [0, 0.1) is 11.8 Å². The van der Waals surface area contributed by atoms with E-state index in [1.807, 2.05) is 27.7 Å². The molecule has 1 aromatic heterocycles. The van der Waals surface area contributed by atoms with Crippen molar-refractivity contribution in [1.29, 1.82) is 0 Å². The fourth-order valence-electron chi connectivity index (χ4n) is 2.65. The first-order valence-corrected chi connectivity index (χ1v) is 9.22. The van der Waals surface area contributed by atoms with Gasteiger partial charge in [0.05, 0.1) is 18.1 Å². The Morgan fingerprint density at radius 2 is 1.89 bits per heavy atom. The van der Waals surface area contributed by atoms with E-state index in [9.17, 15) is 19.5 Å². The third-order valence-corrected chi connectivity index (χ3v) is 4.44. The van der Waals surface area contributed by atoms with Crippen LogP contribution in [0.1, 0.15) is 46.2 Å². The summed E-state index contributed by atoms with van der Waals surface area (Å²) in [7, 11) is 0. The van der Waals surface area contributed by atoms with Crippen LogP contribution >= 0.6 is 0 Å². The molecule has 9 nitrogen and oxygen atoms in total. The molecule has 0 unspecified atom stereocenters. The highest BCUT2D eigenvalue weighted by Crippen LogP contribution is 2.11. The third kappa shape index (κ3) is 7.38. The second-order valence-electron chi connectivity index (χ2n) is 7.27. The van der Waals surface area contributed by atoms with Gasteiger partial charge >= 0.3 is 5.97 Å². The summed E-state index contributed by atoms with van der Waals surface area (Å²) < 4.78 is 0. The molecule has 152 valence electrons. The zero-order chi connectivity index (χ0) is 20.6. The van der Waals surface area contributed by atoms with Crippen LogP contribution in [0.2, 0.25) is 0 Å². The average Bonchev–Trinajstić information content (AvgIpc) is 3.10. The maximum atomic E-state index is 12.7. The van der Waals surface area contributed by atoms with Gasteiger partial charge in [-0.05, 0) is 18.3 Å². The highest BCUT2D eigenvalue weighted by atomic mass is 16.4. The maximum absolute atomic E-state index is 12.7. The van der Waals surface area contributed by atoms with Gasteiger partial charge in [-0.2, -0.15) is 0 Å². The van der Waals surface area contributed by atoms with Crippen molar-refractivity contribution in [2.45, 2.75) is 65.1 Å². The van der Waals surface area contributed by atoms with Crippen LogP contribution in [0.5, 0.6) is 0 Å². The number of amides is 2. The van der Waals surface area contributed by atoms with Gasteiger partial charge in [-0.25, -0.2) is 9.78 Å². The molecule has 6 N–H and O–H groups in total. The number of nitrogens with zero attached hydrogens (tertiary/aromatic N) is 1. The van der Waals surface area contributed by atoms with Gasteiger partial charge in [-0.1, -0.05) is 34.1 Å². The number of carbonyl (C=O) groups excluding carboxylic acids is 2. The van der Waals surface area contributed by atoms with Crippen molar-refractivity contribution in [3.05, 3.63) is 18.2 Å². The normalized spacial score (nSPS) is 15.6. The van der Waals surface area contributed by atoms with E-state index in [0.717, 1.165) is 0 Å². The minimum atomic E-state index is -1.17. The number of carbonyl (C=O) groups is 3. The molecule has 0 aromatic carbocycles. The van der Waals surface area contributed by atoms with E-state index in [4.69, 9.17) is 5.73 Å². The Hall–Kier alpha value is -2.42. The minimum Gasteiger partial charge on any atom is -0.480 e. The second kappa shape index (κ2) is 10.7. The van der Waals surface area contributed by atoms with Crippen molar-refractivity contribution in [2.24, 2.45) is 17.6 Å². The average molecular weight is 381 g/mol. The molecule has 0 saturated carbocycles. The van der Waals surface area contributed by atoms with Crippen LogP contribution in [0.3, 0.4) is 0 Å². The molecule has 0 aliphatic carbocycles. The topological polar surface area (TPSA) is 150 Å². The van der Waals surface area contributed by atoms with Gasteiger partial charge in [0.15, 0.2) is 0 Å². The summed E-state index contributed by atoms with van der Waals surface area (Å²) in [5.74, 6) is -2.07. The number of hydrogen-bond donors (Lipinski definition) is 5. The van der Waals surface area contributed by atoms with Crippen molar-refractivity contribution >= 4 is 17.8 Å². The molecule has 0 aliphatic heterocycles. The fraction of sp³-hybridized carbons (Fsp3) is 0.667. The SMILES string of the molecule is CC[C@H](C)[C@H](NC(=O)[C@@H](N)CC(C)C)C(=O)N[C@@H](Cc1c[nH]cn1)C(=O)O. The van der Waals surface area contributed by atoms with Crippen LogP contribution in [-0.4, -0.2) is 51.0 Å². The number of aromatic nitrogens is 2. The van der Waals surface area contributed by atoms with Gasteiger partial charge in [0.1, 0.15) is 12.1 Å². The monoisotopic (exact) mass is 381 g/mol. The first-order valence-electron chi connectivity index (χ1n) is 9.22. The van der Waals surface area contributed by atoms with E-state index in [1.165, 1.54) is 6.33 Å². The largest absolute Gasteiger partial charge is 0.480 e. The molecular weight excluding hydrogens is 350 g/mol. The van der Waals surface area contributed by atoms with E-state index in [0.29, 0.717) is 18.5 Å². The fourth-order valence-corrected chi connectivity index (χ4v) is 2.65.